The largest absolute Gasteiger partial charge is 0.298 e. The molecule has 0 saturated carbocycles. The number of benzene rings is 1. The molecule has 80 valence electrons. The lowest BCUT2D eigenvalue weighted by molar-refractivity contribution is 0.112. The average molecular weight is 232 g/mol. The summed E-state index contributed by atoms with van der Waals surface area (Å²) in [5.74, 6) is 0. The second kappa shape index (κ2) is 4.45. The van der Waals surface area contributed by atoms with Crippen molar-refractivity contribution in [1.29, 1.82) is 0 Å². The number of hydrogen-bond acceptors (Lipinski definition) is 2. The second-order valence-corrected chi connectivity index (χ2v) is 4.04. The molecule has 0 N–H and O–H groups in total. The summed E-state index contributed by atoms with van der Waals surface area (Å²) in [5.41, 5.74) is 3.40. The van der Waals surface area contributed by atoms with E-state index in [2.05, 4.69) is 4.98 Å². The van der Waals surface area contributed by atoms with Crippen LogP contribution in [0, 0.1) is 6.92 Å². The van der Waals surface area contributed by atoms with Crippen molar-refractivity contribution < 1.29 is 4.79 Å². The number of halogens is 1. The van der Waals surface area contributed by atoms with Gasteiger partial charge >= 0.3 is 0 Å². The molecule has 1 heterocycles. The number of rotatable bonds is 2. The topological polar surface area (TPSA) is 30.0 Å². The maximum Gasteiger partial charge on any atom is 0.150 e. The third-order valence-corrected chi connectivity index (χ3v) is 2.56. The summed E-state index contributed by atoms with van der Waals surface area (Å²) in [5, 5.41) is 0.613. The zero-order valence-electron chi connectivity index (χ0n) is 8.77. The molecule has 2 rings (SSSR count). The number of pyridine rings is 1. The molecule has 0 radical (unpaired) electrons. The van der Waals surface area contributed by atoms with Gasteiger partial charge < -0.3 is 0 Å². The highest BCUT2D eigenvalue weighted by molar-refractivity contribution is 6.31. The molecule has 1 aromatic carbocycles. The maximum atomic E-state index is 10.9. The number of hydrogen-bond donors (Lipinski definition) is 0. The summed E-state index contributed by atoms with van der Waals surface area (Å²) in [7, 11) is 0. The van der Waals surface area contributed by atoms with Crippen LogP contribution in [0.1, 0.15) is 15.9 Å². The van der Waals surface area contributed by atoms with Crippen LogP contribution < -0.4 is 0 Å². The van der Waals surface area contributed by atoms with Crippen LogP contribution in [0.15, 0.2) is 36.7 Å². The minimum absolute atomic E-state index is 0.613. The van der Waals surface area contributed by atoms with Gasteiger partial charge in [0.1, 0.15) is 0 Å². The van der Waals surface area contributed by atoms with Gasteiger partial charge in [-0.25, -0.2) is 0 Å². The molecule has 0 aliphatic rings. The lowest BCUT2D eigenvalue weighted by atomic mass is 10.0. The SMILES string of the molecule is Cc1cncc(-c2cc(Cl)ccc2C=O)c1. The molecule has 0 amide bonds. The fourth-order valence-electron chi connectivity index (χ4n) is 1.58. The number of carbonyl (C=O) groups is 1. The standard InChI is InChI=1S/C13H10ClNO/c1-9-4-11(7-15-6-9)13-5-12(14)3-2-10(13)8-16/h2-8H,1H3. The van der Waals surface area contributed by atoms with Crippen molar-refractivity contribution in [1.82, 2.24) is 4.98 Å². The van der Waals surface area contributed by atoms with Crippen LogP contribution in [0.25, 0.3) is 11.1 Å². The second-order valence-electron chi connectivity index (χ2n) is 3.60. The summed E-state index contributed by atoms with van der Waals surface area (Å²) in [6.45, 7) is 1.96. The van der Waals surface area contributed by atoms with Gasteiger partial charge in [-0.2, -0.15) is 0 Å². The first-order chi connectivity index (χ1) is 7.70. The summed E-state index contributed by atoms with van der Waals surface area (Å²) >= 11 is 5.93. The van der Waals surface area contributed by atoms with E-state index in [0.717, 1.165) is 23.0 Å². The summed E-state index contributed by atoms with van der Waals surface area (Å²) in [6.07, 6.45) is 4.33. The van der Waals surface area contributed by atoms with Crippen molar-refractivity contribution in [2.75, 3.05) is 0 Å². The van der Waals surface area contributed by atoms with Gasteiger partial charge in [-0.05, 0) is 42.3 Å². The molecule has 2 nitrogen and oxygen atoms in total. The lowest BCUT2D eigenvalue weighted by Crippen LogP contribution is -1.89. The molecule has 0 spiro atoms. The predicted octanol–water partition coefficient (Wildman–Crippen LogP) is 3.52. The van der Waals surface area contributed by atoms with Gasteiger partial charge in [0.05, 0.1) is 0 Å². The van der Waals surface area contributed by atoms with Gasteiger partial charge in [-0.15, -0.1) is 0 Å². The van der Waals surface area contributed by atoms with E-state index < -0.39 is 0 Å². The smallest absolute Gasteiger partial charge is 0.150 e. The summed E-state index contributed by atoms with van der Waals surface area (Å²) in [6, 6.07) is 7.18. The number of aromatic nitrogens is 1. The van der Waals surface area contributed by atoms with Crippen molar-refractivity contribution >= 4 is 17.9 Å². The Morgan fingerprint density at radius 2 is 2.06 bits per heavy atom. The first kappa shape index (κ1) is 10.8. The molecule has 1 aromatic heterocycles. The predicted molar refractivity (Wildman–Crippen MR) is 64.8 cm³/mol. The van der Waals surface area contributed by atoms with Crippen molar-refractivity contribution in [3.63, 3.8) is 0 Å². The molecule has 16 heavy (non-hydrogen) atoms. The van der Waals surface area contributed by atoms with Crippen molar-refractivity contribution in [2.24, 2.45) is 0 Å². The van der Waals surface area contributed by atoms with Crippen LogP contribution in [0.5, 0.6) is 0 Å². The Bertz CT molecular complexity index is 537. The highest BCUT2D eigenvalue weighted by Crippen LogP contribution is 2.26. The monoisotopic (exact) mass is 231 g/mol. The Labute approximate surface area is 98.9 Å². The van der Waals surface area contributed by atoms with Gasteiger partial charge in [0.15, 0.2) is 6.29 Å². The van der Waals surface area contributed by atoms with Gasteiger partial charge in [-0.3, -0.25) is 9.78 Å². The fourth-order valence-corrected chi connectivity index (χ4v) is 1.76. The third-order valence-electron chi connectivity index (χ3n) is 2.33. The van der Waals surface area contributed by atoms with E-state index in [0.29, 0.717) is 10.6 Å². The van der Waals surface area contributed by atoms with E-state index in [9.17, 15) is 4.79 Å². The van der Waals surface area contributed by atoms with Crippen LogP contribution in [0.3, 0.4) is 0 Å². The maximum absolute atomic E-state index is 10.9. The minimum Gasteiger partial charge on any atom is -0.298 e. The molecule has 0 fully saturated rings. The van der Waals surface area contributed by atoms with Crippen LogP contribution in [0.4, 0.5) is 0 Å². The molecular formula is C13H10ClNO. The molecule has 0 atom stereocenters. The third kappa shape index (κ3) is 2.12. The van der Waals surface area contributed by atoms with Gasteiger partial charge in [0.25, 0.3) is 0 Å². The van der Waals surface area contributed by atoms with E-state index in [1.54, 1.807) is 30.6 Å². The van der Waals surface area contributed by atoms with E-state index in [1.807, 2.05) is 13.0 Å². The van der Waals surface area contributed by atoms with E-state index in [4.69, 9.17) is 11.6 Å². The minimum atomic E-state index is 0.613. The van der Waals surface area contributed by atoms with Crippen molar-refractivity contribution in [3.05, 3.63) is 52.8 Å². The van der Waals surface area contributed by atoms with Crippen LogP contribution in [-0.2, 0) is 0 Å². The summed E-state index contributed by atoms with van der Waals surface area (Å²) in [4.78, 5) is 15.0. The van der Waals surface area contributed by atoms with Crippen LogP contribution >= 0.6 is 11.6 Å². The van der Waals surface area contributed by atoms with Crippen LogP contribution in [0.2, 0.25) is 5.02 Å². The van der Waals surface area contributed by atoms with Gasteiger partial charge in [0, 0.05) is 28.5 Å². The number of nitrogens with zero attached hydrogens (tertiary/aromatic N) is 1. The molecule has 0 unspecified atom stereocenters. The Hall–Kier alpha value is -1.67. The lowest BCUT2D eigenvalue weighted by Gasteiger charge is -2.05. The average Bonchev–Trinajstić information content (AvgIpc) is 2.29. The van der Waals surface area contributed by atoms with E-state index >= 15 is 0 Å². The highest BCUT2D eigenvalue weighted by atomic mass is 35.5. The number of carbonyl (C=O) groups excluding carboxylic acids is 1. The highest BCUT2D eigenvalue weighted by Gasteiger charge is 2.05. The molecular weight excluding hydrogens is 222 g/mol. The Morgan fingerprint density at radius 3 is 2.75 bits per heavy atom. The molecule has 3 heteroatoms. The fraction of sp³-hybridized carbons (Fsp3) is 0.0769. The Morgan fingerprint density at radius 1 is 1.25 bits per heavy atom. The van der Waals surface area contributed by atoms with Crippen molar-refractivity contribution in [3.8, 4) is 11.1 Å². The van der Waals surface area contributed by atoms with Gasteiger partial charge in [0.2, 0.25) is 0 Å². The Kier molecular flexibility index (Phi) is 3.02. The zero-order chi connectivity index (χ0) is 11.5. The molecule has 0 saturated heterocycles. The first-order valence-electron chi connectivity index (χ1n) is 4.87. The quantitative estimate of drug-likeness (QED) is 0.741. The van der Waals surface area contributed by atoms with Crippen LogP contribution in [-0.4, -0.2) is 11.3 Å². The molecule has 2 aromatic rings. The van der Waals surface area contributed by atoms with Crippen molar-refractivity contribution in [2.45, 2.75) is 6.92 Å². The zero-order valence-corrected chi connectivity index (χ0v) is 9.53. The summed E-state index contributed by atoms with van der Waals surface area (Å²) < 4.78 is 0. The van der Waals surface area contributed by atoms with E-state index in [1.165, 1.54) is 0 Å². The van der Waals surface area contributed by atoms with E-state index in [-0.39, 0.29) is 0 Å². The molecule has 0 aliphatic heterocycles. The first-order valence-corrected chi connectivity index (χ1v) is 5.25. The van der Waals surface area contributed by atoms with Gasteiger partial charge in [-0.1, -0.05) is 11.6 Å². The number of aldehydes is 1. The Balaban J connectivity index is 2.62. The molecule has 0 aliphatic carbocycles. The normalized spacial score (nSPS) is 10.1. The molecule has 0 bridgehead atoms. The number of aryl methyl sites for hydroxylation is 1.